The molecule has 0 saturated carbocycles. The van der Waals surface area contributed by atoms with Crippen LogP contribution in [0.2, 0.25) is 5.28 Å². The van der Waals surface area contributed by atoms with Gasteiger partial charge in [0.2, 0.25) is 5.28 Å². The fourth-order valence-corrected chi connectivity index (χ4v) is 1.38. The molecule has 0 saturated heterocycles. The Labute approximate surface area is 104 Å². The summed E-state index contributed by atoms with van der Waals surface area (Å²) in [7, 11) is 0. The van der Waals surface area contributed by atoms with Crippen LogP contribution in [0.5, 0.6) is 0 Å². The van der Waals surface area contributed by atoms with Crippen molar-refractivity contribution in [3.8, 4) is 0 Å². The Balaban J connectivity index is 2.69. The van der Waals surface area contributed by atoms with E-state index < -0.39 is 0 Å². The minimum absolute atomic E-state index is 0.247. The van der Waals surface area contributed by atoms with Crippen molar-refractivity contribution in [1.29, 1.82) is 0 Å². The molecule has 84 valence electrons. The van der Waals surface area contributed by atoms with E-state index in [1.165, 1.54) is 0 Å². The maximum atomic E-state index is 5.72. The number of aromatic nitrogens is 2. The molecular formula is C10H15BrClN3. The molecule has 0 spiro atoms. The van der Waals surface area contributed by atoms with Gasteiger partial charge in [-0.05, 0) is 39.4 Å². The van der Waals surface area contributed by atoms with Crippen LogP contribution in [0.15, 0.2) is 10.7 Å². The normalized spacial score (nSPS) is 11.5. The molecule has 0 atom stereocenters. The lowest BCUT2D eigenvalue weighted by atomic mass is 9.90. The van der Waals surface area contributed by atoms with Crippen LogP contribution in [0, 0.1) is 5.41 Å². The molecule has 0 aliphatic carbocycles. The van der Waals surface area contributed by atoms with Crippen molar-refractivity contribution in [1.82, 2.24) is 9.97 Å². The summed E-state index contributed by atoms with van der Waals surface area (Å²) in [4.78, 5) is 7.98. The highest BCUT2D eigenvalue weighted by Crippen LogP contribution is 2.24. The molecule has 1 heterocycles. The third kappa shape index (κ3) is 3.95. The highest BCUT2D eigenvalue weighted by Gasteiger charge is 2.15. The molecule has 1 N–H and O–H groups in total. The van der Waals surface area contributed by atoms with Gasteiger partial charge in [-0.1, -0.05) is 20.8 Å². The zero-order valence-electron chi connectivity index (χ0n) is 9.14. The van der Waals surface area contributed by atoms with Crippen molar-refractivity contribution in [2.24, 2.45) is 5.41 Å². The highest BCUT2D eigenvalue weighted by molar-refractivity contribution is 9.10. The lowest BCUT2D eigenvalue weighted by Gasteiger charge is -2.23. The van der Waals surface area contributed by atoms with E-state index in [1.807, 2.05) is 0 Å². The number of hydrogen-bond donors (Lipinski definition) is 1. The molecule has 1 aromatic rings. The lowest BCUT2D eigenvalue weighted by Crippen LogP contribution is -2.22. The molecule has 3 nitrogen and oxygen atoms in total. The minimum atomic E-state index is 0.247. The summed E-state index contributed by atoms with van der Waals surface area (Å²) in [6.45, 7) is 7.44. The second kappa shape index (κ2) is 5.12. The van der Waals surface area contributed by atoms with Gasteiger partial charge in [-0.25, -0.2) is 4.98 Å². The van der Waals surface area contributed by atoms with Crippen LogP contribution in [0.4, 0.5) is 5.82 Å². The number of rotatable bonds is 4. The van der Waals surface area contributed by atoms with Gasteiger partial charge in [-0.3, -0.25) is 0 Å². The number of nitrogens with zero attached hydrogens (tertiary/aromatic N) is 2. The fraction of sp³-hybridized carbons (Fsp3) is 0.600. The van der Waals surface area contributed by atoms with E-state index in [0.29, 0.717) is 0 Å². The molecule has 1 aromatic heterocycles. The van der Waals surface area contributed by atoms with Crippen LogP contribution in [0.25, 0.3) is 0 Å². The van der Waals surface area contributed by atoms with E-state index in [-0.39, 0.29) is 10.7 Å². The predicted octanol–water partition coefficient (Wildman–Crippen LogP) is 3.74. The van der Waals surface area contributed by atoms with Crippen LogP contribution in [-0.4, -0.2) is 16.5 Å². The summed E-state index contributed by atoms with van der Waals surface area (Å²) >= 11 is 9.09. The zero-order chi connectivity index (χ0) is 11.5. The molecule has 0 bridgehead atoms. The summed E-state index contributed by atoms with van der Waals surface area (Å²) in [5.41, 5.74) is 0.247. The maximum absolute atomic E-state index is 5.72. The molecule has 0 fully saturated rings. The van der Waals surface area contributed by atoms with E-state index in [0.717, 1.165) is 23.3 Å². The summed E-state index contributed by atoms with van der Waals surface area (Å²) < 4.78 is 0.832. The van der Waals surface area contributed by atoms with Gasteiger partial charge < -0.3 is 5.32 Å². The fourth-order valence-electron chi connectivity index (χ4n) is 0.918. The third-order valence-electron chi connectivity index (χ3n) is 2.41. The van der Waals surface area contributed by atoms with Crippen molar-refractivity contribution in [3.05, 3.63) is 16.0 Å². The van der Waals surface area contributed by atoms with Gasteiger partial charge in [0.05, 0.1) is 4.47 Å². The van der Waals surface area contributed by atoms with Crippen molar-refractivity contribution >= 4 is 33.3 Å². The van der Waals surface area contributed by atoms with E-state index >= 15 is 0 Å². The molecule has 0 amide bonds. The predicted molar refractivity (Wildman–Crippen MR) is 67.3 cm³/mol. The topological polar surface area (TPSA) is 37.8 Å². The molecule has 0 aliphatic heterocycles. The Hall–Kier alpha value is -0.350. The first kappa shape index (κ1) is 12.7. The summed E-state index contributed by atoms with van der Waals surface area (Å²) in [5, 5.41) is 3.52. The van der Waals surface area contributed by atoms with E-state index in [1.54, 1.807) is 6.20 Å². The lowest BCUT2D eigenvalue weighted by molar-refractivity contribution is 0.376. The van der Waals surface area contributed by atoms with Gasteiger partial charge in [0.1, 0.15) is 5.82 Å². The average Bonchev–Trinajstić information content (AvgIpc) is 2.20. The van der Waals surface area contributed by atoms with Gasteiger partial charge in [0, 0.05) is 12.7 Å². The standard InChI is InChI=1S/C10H15BrClN3/c1-4-10(2,3)6-14-8-7(11)5-13-9(12)15-8/h5H,4,6H2,1-3H3,(H,13,14,15). The molecule has 0 aromatic carbocycles. The second-order valence-electron chi connectivity index (χ2n) is 4.21. The minimum Gasteiger partial charge on any atom is -0.368 e. The summed E-state index contributed by atoms with van der Waals surface area (Å²) in [6.07, 6.45) is 2.76. The maximum Gasteiger partial charge on any atom is 0.224 e. The van der Waals surface area contributed by atoms with Gasteiger partial charge >= 0.3 is 0 Å². The van der Waals surface area contributed by atoms with Crippen molar-refractivity contribution in [2.45, 2.75) is 27.2 Å². The average molecular weight is 293 g/mol. The van der Waals surface area contributed by atoms with Crippen LogP contribution in [-0.2, 0) is 0 Å². The molecule has 5 heteroatoms. The number of hydrogen-bond acceptors (Lipinski definition) is 3. The monoisotopic (exact) mass is 291 g/mol. The molecule has 1 rings (SSSR count). The van der Waals surface area contributed by atoms with Crippen molar-refractivity contribution in [3.63, 3.8) is 0 Å². The molecule has 0 unspecified atom stereocenters. The first-order chi connectivity index (χ1) is 6.94. The molecule has 15 heavy (non-hydrogen) atoms. The third-order valence-corrected chi connectivity index (χ3v) is 3.17. The van der Waals surface area contributed by atoms with Crippen molar-refractivity contribution in [2.75, 3.05) is 11.9 Å². The first-order valence-electron chi connectivity index (χ1n) is 4.86. The van der Waals surface area contributed by atoms with Crippen LogP contribution in [0.3, 0.4) is 0 Å². The first-order valence-corrected chi connectivity index (χ1v) is 6.03. The summed E-state index contributed by atoms with van der Waals surface area (Å²) in [6, 6.07) is 0. The SMILES string of the molecule is CCC(C)(C)CNc1nc(Cl)ncc1Br. The van der Waals surface area contributed by atoms with Gasteiger partial charge in [0.15, 0.2) is 0 Å². The van der Waals surface area contributed by atoms with Crippen molar-refractivity contribution < 1.29 is 0 Å². The number of anilines is 1. The molecular weight excluding hydrogens is 277 g/mol. The van der Waals surface area contributed by atoms with Gasteiger partial charge in [0.25, 0.3) is 0 Å². The Morgan fingerprint density at radius 2 is 2.20 bits per heavy atom. The van der Waals surface area contributed by atoms with Gasteiger partial charge in [-0.2, -0.15) is 4.98 Å². The molecule has 0 aliphatic rings. The molecule has 0 radical (unpaired) electrons. The number of nitrogens with one attached hydrogen (secondary N) is 1. The second-order valence-corrected chi connectivity index (χ2v) is 5.40. The number of halogens is 2. The Bertz CT molecular complexity index is 341. The smallest absolute Gasteiger partial charge is 0.224 e. The summed E-state index contributed by atoms with van der Waals surface area (Å²) in [5.74, 6) is 0.747. The van der Waals surface area contributed by atoms with Crippen LogP contribution >= 0.6 is 27.5 Å². The van der Waals surface area contributed by atoms with E-state index in [4.69, 9.17) is 11.6 Å². The van der Waals surface area contributed by atoms with E-state index in [9.17, 15) is 0 Å². The Morgan fingerprint density at radius 3 is 2.80 bits per heavy atom. The van der Waals surface area contributed by atoms with Crippen LogP contribution in [0.1, 0.15) is 27.2 Å². The van der Waals surface area contributed by atoms with E-state index in [2.05, 4.69) is 52.0 Å². The van der Waals surface area contributed by atoms with Crippen LogP contribution < -0.4 is 5.32 Å². The quantitative estimate of drug-likeness (QED) is 0.859. The van der Waals surface area contributed by atoms with Gasteiger partial charge in [-0.15, -0.1) is 0 Å². The Morgan fingerprint density at radius 1 is 1.53 bits per heavy atom. The Kier molecular flexibility index (Phi) is 4.34. The largest absolute Gasteiger partial charge is 0.368 e. The zero-order valence-corrected chi connectivity index (χ0v) is 11.5. The highest BCUT2D eigenvalue weighted by atomic mass is 79.9.